The molecule has 2 aromatic carbocycles. The lowest BCUT2D eigenvalue weighted by molar-refractivity contribution is 0.0923. The maximum atomic E-state index is 13.9. The summed E-state index contributed by atoms with van der Waals surface area (Å²) in [5.41, 5.74) is 5.06. The smallest absolute Gasteiger partial charge is 0.124 e. The van der Waals surface area contributed by atoms with Crippen molar-refractivity contribution in [3.63, 3.8) is 0 Å². The van der Waals surface area contributed by atoms with Crippen LogP contribution in [0.3, 0.4) is 0 Å². The van der Waals surface area contributed by atoms with Gasteiger partial charge in [0.2, 0.25) is 0 Å². The van der Waals surface area contributed by atoms with Gasteiger partial charge in [-0.1, -0.05) is 35.0 Å². The fourth-order valence-corrected chi connectivity index (χ4v) is 6.43. The van der Waals surface area contributed by atoms with E-state index < -0.39 is 0 Å². The summed E-state index contributed by atoms with van der Waals surface area (Å²) in [6.07, 6.45) is 6.20. The van der Waals surface area contributed by atoms with Crippen molar-refractivity contribution < 1.29 is 9.50 Å². The molecule has 30 heavy (non-hydrogen) atoms. The van der Waals surface area contributed by atoms with Crippen LogP contribution in [-0.2, 0) is 0 Å². The van der Waals surface area contributed by atoms with Crippen LogP contribution in [0.25, 0.3) is 5.57 Å². The molecule has 1 aliphatic carbocycles. The van der Waals surface area contributed by atoms with Crippen LogP contribution in [0.4, 0.5) is 4.39 Å². The molecule has 0 aromatic heterocycles. The van der Waals surface area contributed by atoms with Crippen LogP contribution >= 0.6 is 23.4 Å². The van der Waals surface area contributed by atoms with Crippen molar-refractivity contribution in [3.05, 3.63) is 63.9 Å². The number of aliphatic hydroxyl groups excluding tert-OH is 1. The predicted molar refractivity (Wildman–Crippen MR) is 122 cm³/mol. The zero-order chi connectivity index (χ0) is 20.7. The Morgan fingerprint density at radius 3 is 2.50 bits per heavy atom. The summed E-state index contributed by atoms with van der Waals surface area (Å²) in [5, 5.41) is 10.5. The molecule has 2 heterocycles. The van der Waals surface area contributed by atoms with E-state index in [0.717, 1.165) is 84.5 Å². The summed E-state index contributed by atoms with van der Waals surface area (Å²) in [6.45, 7) is 3.28. The number of hydrogen-bond donors (Lipinski definition) is 1. The number of fused-ring (bicyclic) bond motifs is 2. The van der Waals surface area contributed by atoms with Gasteiger partial charge in [0.05, 0.1) is 6.10 Å². The molecule has 2 nitrogen and oxygen atoms in total. The fourth-order valence-electron chi connectivity index (χ4n) is 5.17. The van der Waals surface area contributed by atoms with E-state index in [1.165, 1.54) is 16.7 Å². The third-order valence-electron chi connectivity index (χ3n) is 6.79. The molecule has 0 amide bonds. The van der Waals surface area contributed by atoms with Crippen LogP contribution in [-0.4, -0.2) is 35.7 Å². The van der Waals surface area contributed by atoms with Crippen molar-refractivity contribution in [2.45, 2.75) is 54.4 Å². The Bertz CT molecular complexity index is 973. The number of rotatable bonds is 2. The Hall–Kier alpha value is -1.33. The van der Waals surface area contributed by atoms with Crippen molar-refractivity contribution in [3.8, 4) is 0 Å². The summed E-state index contributed by atoms with van der Waals surface area (Å²) in [4.78, 5) is 4.74. The highest BCUT2D eigenvalue weighted by atomic mass is 35.5. The van der Waals surface area contributed by atoms with Crippen LogP contribution in [0.2, 0.25) is 5.02 Å². The maximum Gasteiger partial charge on any atom is 0.124 e. The van der Waals surface area contributed by atoms with E-state index in [0.29, 0.717) is 0 Å². The van der Waals surface area contributed by atoms with Crippen LogP contribution < -0.4 is 0 Å². The largest absolute Gasteiger partial charge is 0.393 e. The molecule has 1 saturated heterocycles. The van der Waals surface area contributed by atoms with Gasteiger partial charge in [0, 0.05) is 34.4 Å². The van der Waals surface area contributed by atoms with Gasteiger partial charge in [0.25, 0.3) is 0 Å². The topological polar surface area (TPSA) is 23.5 Å². The quantitative estimate of drug-likeness (QED) is 0.496. The molecule has 0 radical (unpaired) electrons. The van der Waals surface area contributed by atoms with E-state index in [1.807, 2.05) is 12.1 Å². The summed E-state index contributed by atoms with van der Waals surface area (Å²) in [7, 11) is 0. The van der Waals surface area contributed by atoms with Crippen molar-refractivity contribution in [2.24, 2.45) is 5.92 Å². The number of halogens is 2. The molecule has 2 fully saturated rings. The third-order valence-corrected chi connectivity index (χ3v) is 8.16. The average molecular weight is 444 g/mol. The standard InChI is InChI=1S/C25H27ClFNOS/c26-18-3-8-23-22(13-18)25(21-7-4-19(27)14-24(21)30-23)17-9-11-28(12-10-17)15-16-1-5-20(29)6-2-16/h3-4,7-8,13-14,16,20,29H,1-2,5-6,9-12,15H2/t16-,20-. The van der Waals surface area contributed by atoms with Gasteiger partial charge in [-0.15, -0.1) is 0 Å². The zero-order valence-electron chi connectivity index (χ0n) is 17.0. The Labute approximate surface area is 187 Å². The van der Waals surface area contributed by atoms with Crippen LogP contribution in [0.15, 0.2) is 51.8 Å². The average Bonchev–Trinajstić information content (AvgIpc) is 2.74. The minimum Gasteiger partial charge on any atom is -0.393 e. The first kappa shape index (κ1) is 20.6. The predicted octanol–water partition coefficient (Wildman–Crippen LogP) is 6.39. The molecule has 2 aromatic rings. The first-order valence-electron chi connectivity index (χ1n) is 11.0. The second-order valence-electron chi connectivity index (χ2n) is 8.84. The van der Waals surface area contributed by atoms with Gasteiger partial charge in [-0.25, -0.2) is 4.39 Å². The molecule has 0 atom stereocenters. The van der Waals surface area contributed by atoms with Crippen LogP contribution in [0.5, 0.6) is 0 Å². The minimum absolute atomic E-state index is 0.0834. The lowest BCUT2D eigenvalue weighted by atomic mass is 9.85. The van der Waals surface area contributed by atoms with Gasteiger partial charge >= 0.3 is 0 Å². The van der Waals surface area contributed by atoms with Gasteiger partial charge in [-0.3, -0.25) is 0 Å². The van der Waals surface area contributed by atoms with Crippen molar-refractivity contribution in [1.82, 2.24) is 4.90 Å². The molecule has 158 valence electrons. The summed E-state index contributed by atoms with van der Waals surface area (Å²) in [5.74, 6) is 0.535. The summed E-state index contributed by atoms with van der Waals surface area (Å²) < 4.78 is 13.9. The third kappa shape index (κ3) is 4.20. The molecular formula is C25H27ClFNOS. The Balaban J connectivity index is 1.40. The molecule has 5 heteroatoms. The van der Waals surface area contributed by atoms with Crippen molar-refractivity contribution >= 4 is 28.9 Å². The second-order valence-corrected chi connectivity index (χ2v) is 10.4. The highest BCUT2D eigenvalue weighted by molar-refractivity contribution is 7.99. The van der Waals surface area contributed by atoms with Gasteiger partial charge in [-0.05, 0) is 91.5 Å². The highest BCUT2D eigenvalue weighted by Crippen LogP contribution is 2.48. The fraction of sp³-hybridized carbons (Fsp3) is 0.440. The number of nitrogens with zero attached hydrogens (tertiary/aromatic N) is 1. The number of benzene rings is 2. The number of aliphatic hydroxyl groups is 1. The molecule has 5 rings (SSSR count). The van der Waals surface area contributed by atoms with Gasteiger partial charge < -0.3 is 10.0 Å². The maximum absolute atomic E-state index is 13.9. The monoisotopic (exact) mass is 443 g/mol. The Kier molecular flexibility index (Phi) is 5.94. The number of likely N-dealkylation sites (tertiary alicyclic amines) is 1. The SMILES string of the molecule is O[C@H]1CC[C@H](CN2CCC(=C3c4ccc(F)cc4Sc4ccc(Cl)cc43)CC2)CC1. The normalized spacial score (nSPS) is 24.5. The minimum atomic E-state index is -0.185. The molecule has 0 bridgehead atoms. The molecular weight excluding hydrogens is 417 g/mol. The van der Waals surface area contributed by atoms with E-state index in [-0.39, 0.29) is 11.9 Å². The Morgan fingerprint density at radius 2 is 1.73 bits per heavy atom. The number of hydrogen-bond acceptors (Lipinski definition) is 3. The van der Waals surface area contributed by atoms with Crippen LogP contribution in [0.1, 0.15) is 49.7 Å². The van der Waals surface area contributed by atoms with E-state index >= 15 is 0 Å². The van der Waals surface area contributed by atoms with Crippen molar-refractivity contribution in [1.29, 1.82) is 0 Å². The van der Waals surface area contributed by atoms with E-state index in [9.17, 15) is 9.50 Å². The van der Waals surface area contributed by atoms with Crippen molar-refractivity contribution in [2.75, 3.05) is 19.6 Å². The van der Waals surface area contributed by atoms with E-state index in [4.69, 9.17) is 11.6 Å². The molecule has 2 aliphatic heterocycles. The van der Waals surface area contributed by atoms with Gasteiger partial charge in [-0.2, -0.15) is 0 Å². The van der Waals surface area contributed by atoms with Gasteiger partial charge in [0.15, 0.2) is 0 Å². The lowest BCUT2D eigenvalue weighted by Crippen LogP contribution is -2.36. The molecule has 1 N–H and O–H groups in total. The number of piperidine rings is 1. The van der Waals surface area contributed by atoms with Gasteiger partial charge in [0.1, 0.15) is 5.82 Å². The Morgan fingerprint density at radius 1 is 0.967 bits per heavy atom. The summed E-state index contributed by atoms with van der Waals surface area (Å²) in [6, 6.07) is 11.2. The first-order valence-corrected chi connectivity index (χ1v) is 12.2. The second kappa shape index (κ2) is 8.66. The molecule has 3 aliphatic rings. The van der Waals surface area contributed by atoms with Crippen LogP contribution in [0, 0.1) is 11.7 Å². The lowest BCUT2D eigenvalue weighted by Gasteiger charge is -2.35. The highest BCUT2D eigenvalue weighted by Gasteiger charge is 2.28. The molecule has 1 saturated carbocycles. The zero-order valence-corrected chi connectivity index (χ0v) is 18.6. The van der Waals surface area contributed by atoms with E-state index in [1.54, 1.807) is 23.9 Å². The molecule has 0 unspecified atom stereocenters. The molecule has 0 spiro atoms. The summed E-state index contributed by atoms with van der Waals surface area (Å²) >= 11 is 7.99. The van der Waals surface area contributed by atoms with E-state index in [2.05, 4.69) is 17.0 Å². The first-order chi connectivity index (χ1) is 14.6.